The Bertz CT molecular complexity index is 860. The fourth-order valence-electron chi connectivity index (χ4n) is 4.41. The van der Waals surface area contributed by atoms with E-state index in [9.17, 15) is 0 Å². The summed E-state index contributed by atoms with van der Waals surface area (Å²) in [7, 11) is 1.86. The summed E-state index contributed by atoms with van der Waals surface area (Å²) in [6, 6.07) is 4.47. The number of hydrogen-bond acceptors (Lipinski definition) is 4. The minimum Gasteiger partial charge on any atom is -0.343 e. The first-order valence-electron chi connectivity index (χ1n) is 8.95. The maximum atomic E-state index is 6.64. The molecule has 7 heteroatoms. The Morgan fingerprint density at radius 1 is 1.32 bits per heavy atom. The monoisotopic (exact) mass is 356 g/mol. The van der Waals surface area contributed by atoms with Crippen LogP contribution in [0, 0.1) is 0 Å². The number of anilines is 1. The van der Waals surface area contributed by atoms with Crippen LogP contribution in [-0.2, 0) is 5.41 Å². The van der Waals surface area contributed by atoms with Crippen LogP contribution in [0.3, 0.4) is 0 Å². The van der Waals surface area contributed by atoms with Crippen molar-refractivity contribution in [3.8, 4) is 5.69 Å². The molecule has 5 rings (SSSR count). The minimum absolute atomic E-state index is 0.0492. The summed E-state index contributed by atoms with van der Waals surface area (Å²) in [6.45, 7) is 1.04. The average Bonchev–Trinajstić information content (AvgIpc) is 3.30. The van der Waals surface area contributed by atoms with Gasteiger partial charge in [0.05, 0.1) is 28.4 Å². The van der Waals surface area contributed by atoms with Crippen LogP contribution >= 0.6 is 11.6 Å². The molecule has 6 nitrogen and oxygen atoms in total. The van der Waals surface area contributed by atoms with Gasteiger partial charge in [-0.05, 0) is 49.9 Å². The van der Waals surface area contributed by atoms with Crippen molar-refractivity contribution in [2.45, 2.75) is 43.6 Å². The molecule has 3 aliphatic rings. The zero-order valence-electron chi connectivity index (χ0n) is 14.2. The zero-order valence-corrected chi connectivity index (χ0v) is 15.0. The number of aliphatic imine (C=N–C) groups is 1. The lowest BCUT2D eigenvalue weighted by molar-refractivity contribution is 0.347. The van der Waals surface area contributed by atoms with Gasteiger partial charge in [0.1, 0.15) is 11.5 Å². The molecule has 1 aromatic carbocycles. The molecule has 0 radical (unpaired) electrons. The van der Waals surface area contributed by atoms with Crippen molar-refractivity contribution in [3.05, 3.63) is 34.6 Å². The number of hydrogen-bond donors (Lipinski definition) is 2. The van der Waals surface area contributed by atoms with Crippen LogP contribution < -0.4 is 10.6 Å². The Kier molecular flexibility index (Phi) is 3.40. The van der Waals surface area contributed by atoms with Crippen molar-refractivity contribution >= 4 is 23.1 Å². The summed E-state index contributed by atoms with van der Waals surface area (Å²) >= 11 is 6.64. The highest BCUT2D eigenvalue weighted by Gasteiger charge is 2.49. The molecular formula is C18H21ClN6. The van der Waals surface area contributed by atoms with Gasteiger partial charge in [-0.2, -0.15) is 0 Å². The van der Waals surface area contributed by atoms with Gasteiger partial charge in [0, 0.05) is 12.7 Å². The standard InChI is InChI=1S/C18H21ClN6/c1-20-17-18(5-3-6-18)11-8-12(19)16(9-14(11)22-17)25-10-15(23-24-25)13-4-2-7-21-13/h8-10,13,21H,2-7H2,1H3,(H,20,22)/t13-/m1/s1. The predicted octanol–water partition coefficient (Wildman–Crippen LogP) is 3.22. The second-order valence-electron chi connectivity index (χ2n) is 7.22. The van der Waals surface area contributed by atoms with Gasteiger partial charge >= 0.3 is 0 Å². The number of benzene rings is 1. The lowest BCUT2D eigenvalue weighted by Crippen LogP contribution is -2.41. The molecule has 2 aromatic rings. The third kappa shape index (κ3) is 2.17. The molecule has 0 amide bonds. The molecule has 130 valence electrons. The third-order valence-corrected chi connectivity index (χ3v) is 6.22. The van der Waals surface area contributed by atoms with E-state index in [4.69, 9.17) is 11.6 Å². The highest BCUT2D eigenvalue weighted by atomic mass is 35.5. The van der Waals surface area contributed by atoms with E-state index in [2.05, 4.69) is 38.1 Å². The molecule has 25 heavy (non-hydrogen) atoms. The molecule has 0 unspecified atom stereocenters. The molecule has 0 bridgehead atoms. The SMILES string of the molecule is CN=C1Nc2cc(-n3cc([C@H]4CCCN4)nn3)c(Cl)cc2C12CCC2. The summed E-state index contributed by atoms with van der Waals surface area (Å²) in [5.74, 6) is 1.07. The Balaban J connectivity index is 1.54. The molecule has 2 N–H and O–H groups in total. The normalized spacial score (nSPS) is 25.2. The predicted molar refractivity (Wildman–Crippen MR) is 98.9 cm³/mol. The van der Waals surface area contributed by atoms with Gasteiger partial charge < -0.3 is 10.6 Å². The molecule has 1 aliphatic carbocycles. The minimum atomic E-state index is 0.0492. The second kappa shape index (κ2) is 5.54. The second-order valence-corrected chi connectivity index (χ2v) is 7.63. The highest BCUT2D eigenvalue weighted by Crippen LogP contribution is 2.52. The van der Waals surface area contributed by atoms with E-state index in [0.29, 0.717) is 11.1 Å². The molecule has 2 fully saturated rings. The number of amidine groups is 1. The Labute approximate surface area is 151 Å². The molecule has 2 aliphatic heterocycles. The van der Waals surface area contributed by atoms with E-state index < -0.39 is 0 Å². The number of rotatable bonds is 2. The quantitative estimate of drug-likeness (QED) is 0.867. The lowest BCUT2D eigenvalue weighted by Gasteiger charge is -2.38. The first-order chi connectivity index (χ1) is 12.2. The first kappa shape index (κ1) is 15.3. The lowest BCUT2D eigenvalue weighted by atomic mass is 9.65. The molecule has 1 saturated heterocycles. The summed E-state index contributed by atoms with van der Waals surface area (Å²) < 4.78 is 1.79. The van der Waals surface area contributed by atoms with Crippen molar-refractivity contribution in [2.24, 2.45) is 4.99 Å². The molecular weight excluding hydrogens is 336 g/mol. The highest BCUT2D eigenvalue weighted by molar-refractivity contribution is 6.33. The van der Waals surface area contributed by atoms with Crippen LogP contribution in [0.4, 0.5) is 5.69 Å². The summed E-state index contributed by atoms with van der Waals surface area (Å²) in [6.07, 6.45) is 7.78. The maximum Gasteiger partial charge on any atom is 0.111 e. The van der Waals surface area contributed by atoms with Crippen molar-refractivity contribution in [1.29, 1.82) is 0 Å². The van der Waals surface area contributed by atoms with Gasteiger partial charge in [-0.3, -0.25) is 4.99 Å². The van der Waals surface area contributed by atoms with Crippen LogP contribution in [0.5, 0.6) is 0 Å². The average molecular weight is 357 g/mol. The summed E-state index contributed by atoms with van der Waals surface area (Å²) in [5.41, 5.74) is 4.25. The molecule has 1 aromatic heterocycles. The Morgan fingerprint density at radius 3 is 2.88 bits per heavy atom. The van der Waals surface area contributed by atoms with E-state index >= 15 is 0 Å². The van der Waals surface area contributed by atoms with Crippen molar-refractivity contribution in [3.63, 3.8) is 0 Å². The largest absolute Gasteiger partial charge is 0.343 e. The van der Waals surface area contributed by atoms with E-state index in [0.717, 1.165) is 48.7 Å². The van der Waals surface area contributed by atoms with E-state index in [1.807, 2.05) is 13.2 Å². The van der Waals surface area contributed by atoms with E-state index in [-0.39, 0.29) is 5.41 Å². The van der Waals surface area contributed by atoms with Crippen molar-refractivity contribution < 1.29 is 0 Å². The fraction of sp³-hybridized carbons (Fsp3) is 0.500. The van der Waals surface area contributed by atoms with Crippen LogP contribution in [0.2, 0.25) is 5.02 Å². The van der Waals surface area contributed by atoms with Gasteiger partial charge in [0.25, 0.3) is 0 Å². The van der Waals surface area contributed by atoms with Gasteiger partial charge in [0.2, 0.25) is 0 Å². The van der Waals surface area contributed by atoms with E-state index in [1.165, 1.54) is 18.4 Å². The van der Waals surface area contributed by atoms with Crippen molar-refractivity contribution in [2.75, 3.05) is 18.9 Å². The van der Waals surface area contributed by atoms with Crippen molar-refractivity contribution in [1.82, 2.24) is 20.3 Å². The number of nitrogens with zero attached hydrogens (tertiary/aromatic N) is 4. The fourth-order valence-corrected chi connectivity index (χ4v) is 4.66. The van der Waals surface area contributed by atoms with Crippen LogP contribution in [0.1, 0.15) is 49.4 Å². The van der Waals surface area contributed by atoms with Gasteiger partial charge in [-0.1, -0.05) is 23.2 Å². The number of aromatic nitrogens is 3. The number of halogens is 1. The summed E-state index contributed by atoms with van der Waals surface area (Å²) in [5, 5.41) is 16.3. The third-order valence-electron chi connectivity index (χ3n) is 5.91. The summed E-state index contributed by atoms with van der Waals surface area (Å²) in [4.78, 5) is 4.49. The van der Waals surface area contributed by atoms with Gasteiger partial charge in [-0.15, -0.1) is 5.10 Å². The Hall–Kier alpha value is -1.92. The molecule has 1 spiro atoms. The maximum absolute atomic E-state index is 6.64. The van der Waals surface area contributed by atoms with Crippen LogP contribution in [0.15, 0.2) is 23.3 Å². The smallest absolute Gasteiger partial charge is 0.111 e. The topological polar surface area (TPSA) is 67.1 Å². The Morgan fingerprint density at radius 2 is 2.20 bits per heavy atom. The van der Waals surface area contributed by atoms with E-state index in [1.54, 1.807) is 4.68 Å². The van der Waals surface area contributed by atoms with Crippen LogP contribution in [-0.4, -0.2) is 34.4 Å². The van der Waals surface area contributed by atoms with Crippen LogP contribution in [0.25, 0.3) is 5.69 Å². The molecule has 1 saturated carbocycles. The van der Waals surface area contributed by atoms with Gasteiger partial charge in [0.15, 0.2) is 0 Å². The molecule has 3 heterocycles. The zero-order chi connectivity index (χ0) is 17.0. The van der Waals surface area contributed by atoms with Gasteiger partial charge in [-0.25, -0.2) is 4.68 Å². The number of fused-ring (bicyclic) bond motifs is 2. The number of nitrogens with one attached hydrogen (secondary N) is 2. The molecule has 1 atom stereocenters. The first-order valence-corrected chi connectivity index (χ1v) is 9.33.